The van der Waals surface area contributed by atoms with Crippen molar-refractivity contribution in [3.8, 4) is 0 Å². The third kappa shape index (κ3) is 5.02. The van der Waals surface area contributed by atoms with Crippen LogP contribution >= 0.6 is 0 Å². The van der Waals surface area contributed by atoms with Crippen LogP contribution in [0.25, 0.3) is 0 Å². The molecule has 0 bridgehead atoms. The molecule has 1 amide bonds. The first-order valence-corrected chi connectivity index (χ1v) is 6.81. The molecule has 0 heterocycles. The van der Waals surface area contributed by atoms with E-state index < -0.39 is 36.3 Å². The normalized spacial score (nSPS) is 26.5. The molecule has 4 nitrogen and oxygen atoms in total. The van der Waals surface area contributed by atoms with Crippen LogP contribution in [-0.2, 0) is 9.59 Å². The number of amides is 1. The third-order valence-electron chi connectivity index (χ3n) is 3.83. The second-order valence-electron chi connectivity index (χ2n) is 5.31. The van der Waals surface area contributed by atoms with Gasteiger partial charge < -0.3 is 10.4 Å². The first-order chi connectivity index (χ1) is 9.24. The van der Waals surface area contributed by atoms with Gasteiger partial charge in [-0.15, -0.1) is 0 Å². The first-order valence-electron chi connectivity index (χ1n) is 6.81. The molecule has 0 spiro atoms. The molecule has 0 aromatic heterocycles. The Morgan fingerprint density at radius 1 is 1.25 bits per heavy atom. The number of halogens is 3. The van der Waals surface area contributed by atoms with Crippen molar-refractivity contribution in [2.75, 3.05) is 6.54 Å². The average molecular weight is 295 g/mol. The molecule has 1 saturated carbocycles. The van der Waals surface area contributed by atoms with Crippen LogP contribution < -0.4 is 5.32 Å². The molecular formula is C13H20F3NO3. The zero-order chi connectivity index (χ0) is 15.3. The SMILES string of the molecule is CCC1C[C@H](C(=O)NCCCC(F)(F)F)[C@H](C(=O)O)C1. The van der Waals surface area contributed by atoms with Gasteiger partial charge in [-0.1, -0.05) is 13.3 Å². The van der Waals surface area contributed by atoms with E-state index in [1.54, 1.807) is 0 Å². The monoisotopic (exact) mass is 295 g/mol. The Bertz CT molecular complexity index is 357. The molecule has 20 heavy (non-hydrogen) atoms. The van der Waals surface area contributed by atoms with Crippen molar-refractivity contribution in [3.63, 3.8) is 0 Å². The molecule has 7 heteroatoms. The molecule has 1 rings (SSSR count). The van der Waals surface area contributed by atoms with Gasteiger partial charge in [0.05, 0.1) is 11.8 Å². The van der Waals surface area contributed by atoms with Crippen LogP contribution in [0.4, 0.5) is 13.2 Å². The maximum Gasteiger partial charge on any atom is 0.389 e. The number of alkyl halides is 3. The highest BCUT2D eigenvalue weighted by molar-refractivity contribution is 5.85. The van der Waals surface area contributed by atoms with E-state index in [1.165, 1.54) is 0 Å². The van der Waals surface area contributed by atoms with E-state index in [0.29, 0.717) is 12.8 Å². The van der Waals surface area contributed by atoms with Crippen LogP contribution in [0.15, 0.2) is 0 Å². The largest absolute Gasteiger partial charge is 0.481 e. The lowest BCUT2D eigenvalue weighted by Gasteiger charge is -2.15. The van der Waals surface area contributed by atoms with Crippen molar-refractivity contribution >= 4 is 11.9 Å². The van der Waals surface area contributed by atoms with Gasteiger partial charge in [-0.3, -0.25) is 9.59 Å². The summed E-state index contributed by atoms with van der Waals surface area (Å²) in [7, 11) is 0. The van der Waals surface area contributed by atoms with Gasteiger partial charge in [0.25, 0.3) is 0 Å². The minimum atomic E-state index is -4.23. The summed E-state index contributed by atoms with van der Waals surface area (Å²) < 4.78 is 35.9. The molecule has 1 aliphatic rings. The molecule has 0 saturated heterocycles. The average Bonchev–Trinajstić information content (AvgIpc) is 2.77. The maximum absolute atomic E-state index is 12.0. The van der Waals surface area contributed by atoms with Crippen LogP contribution in [0.2, 0.25) is 0 Å². The highest BCUT2D eigenvalue weighted by Crippen LogP contribution is 2.38. The van der Waals surface area contributed by atoms with Crippen LogP contribution in [0.5, 0.6) is 0 Å². The van der Waals surface area contributed by atoms with Crippen LogP contribution in [-0.4, -0.2) is 29.7 Å². The zero-order valence-electron chi connectivity index (χ0n) is 11.4. The predicted molar refractivity (Wildman–Crippen MR) is 65.9 cm³/mol. The van der Waals surface area contributed by atoms with Crippen LogP contribution in [0, 0.1) is 17.8 Å². The molecule has 0 radical (unpaired) electrons. The van der Waals surface area contributed by atoms with E-state index in [1.807, 2.05) is 6.92 Å². The summed E-state index contributed by atoms with van der Waals surface area (Å²) >= 11 is 0. The highest BCUT2D eigenvalue weighted by Gasteiger charge is 2.41. The van der Waals surface area contributed by atoms with Crippen molar-refractivity contribution in [1.82, 2.24) is 5.32 Å². The van der Waals surface area contributed by atoms with Gasteiger partial charge in [0.2, 0.25) is 5.91 Å². The number of carboxylic acid groups (broad SMARTS) is 1. The smallest absolute Gasteiger partial charge is 0.389 e. The number of carbonyl (C=O) groups excluding carboxylic acids is 1. The summed E-state index contributed by atoms with van der Waals surface area (Å²) in [5.41, 5.74) is 0. The van der Waals surface area contributed by atoms with E-state index >= 15 is 0 Å². The van der Waals surface area contributed by atoms with E-state index in [9.17, 15) is 22.8 Å². The van der Waals surface area contributed by atoms with Gasteiger partial charge in [-0.25, -0.2) is 0 Å². The molecule has 1 aliphatic carbocycles. The third-order valence-corrected chi connectivity index (χ3v) is 3.83. The van der Waals surface area contributed by atoms with Crippen LogP contribution in [0.3, 0.4) is 0 Å². The lowest BCUT2D eigenvalue weighted by Crippen LogP contribution is -2.36. The Labute approximate surface area is 115 Å². The molecule has 0 aromatic rings. The minimum absolute atomic E-state index is 0.0715. The quantitative estimate of drug-likeness (QED) is 0.740. The first kappa shape index (κ1) is 16.8. The van der Waals surface area contributed by atoms with E-state index in [2.05, 4.69) is 5.32 Å². The Kier molecular flexibility index (Phi) is 5.83. The molecule has 1 unspecified atom stereocenters. The molecule has 3 atom stereocenters. The van der Waals surface area contributed by atoms with Gasteiger partial charge in [-0.2, -0.15) is 13.2 Å². The molecule has 1 fully saturated rings. The molecule has 0 aliphatic heterocycles. The summed E-state index contributed by atoms with van der Waals surface area (Å²) in [6.45, 7) is 1.87. The number of carbonyl (C=O) groups is 2. The van der Waals surface area contributed by atoms with Crippen molar-refractivity contribution < 1.29 is 27.9 Å². The minimum Gasteiger partial charge on any atom is -0.481 e. The van der Waals surface area contributed by atoms with Gasteiger partial charge in [0, 0.05) is 13.0 Å². The fraction of sp³-hybridized carbons (Fsp3) is 0.846. The van der Waals surface area contributed by atoms with Crippen molar-refractivity contribution in [2.24, 2.45) is 17.8 Å². The van der Waals surface area contributed by atoms with Crippen molar-refractivity contribution in [2.45, 2.75) is 45.2 Å². The van der Waals surface area contributed by atoms with Gasteiger partial charge >= 0.3 is 12.1 Å². The highest BCUT2D eigenvalue weighted by atomic mass is 19.4. The second kappa shape index (κ2) is 6.95. The Morgan fingerprint density at radius 2 is 1.85 bits per heavy atom. The number of carboxylic acids is 1. The lowest BCUT2D eigenvalue weighted by molar-refractivity contribution is -0.146. The number of aliphatic carboxylic acids is 1. The summed E-state index contributed by atoms with van der Waals surface area (Å²) in [6.07, 6.45) is -3.59. The number of nitrogens with one attached hydrogen (secondary N) is 1. The maximum atomic E-state index is 12.0. The fourth-order valence-electron chi connectivity index (χ4n) is 2.67. The number of hydrogen-bond donors (Lipinski definition) is 2. The van der Waals surface area contributed by atoms with E-state index in [4.69, 9.17) is 5.11 Å². The molecule has 0 aromatic carbocycles. The van der Waals surface area contributed by atoms with Crippen molar-refractivity contribution in [3.05, 3.63) is 0 Å². The van der Waals surface area contributed by atoms with Crippen LogP contribution in [0.1, 0.15) is 39.0 Å². The number of hydrogen-bond acceptors (Lipinski definition) is 2. The lowest BCUT2D eigenvalue weighted by atomic mass is 9.95. The van der Waals surface area contributed by atoms with Crippen molar-refractivity contribution in [1.29, 1.82) is 0 Å². The zero-order valence-corrected chi connectivity index (χ0v) is 11.4. The second-order valence-corrected chi connectivity index (χ2v) is 5.31. The number of rotatable bonds is 6. The molecular weight excluding hydrogens is 275 g/mol. The topological polar surface area (TPSA) is 66.4 Å². The Morgan fingerprint density at radius 3 is 2.35 bits per heavy atom. The summed E-state index contributed by atoms with van der Waals surface area (Å²) in [6, 6.07) is 0. The van der Waals surface area contributed by atoms with Gasteiger partial charge in [0.15, 0.2) is 0 Å². The Hall–Kier alpha value is -1.27. The van der Waals surface area contributed by atoms with E-state index in [-0.39, 0.29) is 18.9 Å². The summed E-state index contributed by atoms with van der Waals surface area (Å²) in [5.74, 6) is -2.58. The fourth-order valence-corrected chi connectivity index (χ4v) is 2.67. The predicted octanol–water partition coefficient (Wildman–Crippen LogP) is 2.58. The molecule has 116 valence electrons. The summed E-state index contributed by atoms with van der Waals surface area (Å²) in [5, 5.41) is 11.5. The van der Waals surface area contributed by atoms with E-state index in [0.717, 1.165) is 6.42 Å². The molecule has 2 N–H and O–H groups in total. The van der Waals surface area contributed by atoms with Gasteiger partial charge in [0.1, 0.15) is 0 Å². The Balaban J connectivity index is 2.43. The summed E-state index contributed by atoms with van der Waals surface area (Å²) in [4.78, 5) is 23.0. The standard InChI is InChI=1S/C13H20F3NO3/c1-2-8-6-9(10(7-8)12(19)20)11(18)17-5-3-4-13(14,15)16/h8-10H,2-7H2,1H3,(H,17,18)(H,19,20)/t8?,9-,10+/m0/s1. The van der Waals surface area contributed by atoms with Gasteiger partial charge in [-0.05, 0) is 25.2 Å².